The van der Waals surface area contributed by atoms with Crippen LogP contribution in [0.1, 0.15) is 47.0 Å². The van der Waals surface area contributed by atoms with Crippen molar-refractivity contribution in [3.05, 3.63) is 0 Å². The zero-order valence-electron chi connectivity index (χ0n) is 10.3. The fourth-order valence-electron chi connectivity index (χ4n) is 1.80. The molecule has 0 aromatic heterocycles. The average Bonchev–Trinajstić information content (AvgIpc) is 2.00. The van der Waals surface area contributed by atoms with Crippen LogP contribution in [0.4, 0.5) is 0 Å². The Balaban J connectivity index is 2.44. The van der Waals surface area contributed by atoms with E-state index in [9.17, 15) is 9.90 Å². The molecule has 1 aliphatic rings. The highest BCUT2D eigenvalue weighted by molar-refractivity contribution is 5.76. The lowest BCUT2D eigenvalue weighted by Crippen LogP contribution is -2.45. The van der Waals surface area contributed by atoms with Crippen LogP contribution in [0, 0.1) is 5.41 Å². The second-order valence-corrected chi connectivity index (χ2v) is 6.12. The van der Waals surface area contributed by atoms with Gasteiger partial charge in [-0.3, -0.25) is 4.79 Å². The van der Waals surface area contributed by atoms with Gasteiger partial charge in [0.05, 0.1) is 5.60 Å². The molecular weight excluding hydrogens is 190 g/mol. The Morgan fingerprint density at radius 1 is 1.33 bits per heavy atom. The van der Waals surface area contributed by atoms with Gasteiger partial charge >= 0.3 is 0 Å². The second-order valence-electron chi connectivity index (χ2n) is 6.12. The van der Waals surface area contributed by atoms with Gasteiger partial charge in [0.1, 0.15) is 0 Å². The number of carbonyl (C=O) groups excluding carboxylic acids is 1. The minimum atomic E-state index is -0.571. The van der Waals surface area contributed by atoms with Crippen molar-refractivity contribution >= 4 is 5.91 Å². The third kappa shape index (κ3) is 4.20. The third-order valence-corrected chi connectivity index (χ3v) is 2.87. The summed E-state index contributed by atoms with van der Waals surface area (Å²) in [6.45, 7) is 9.46. The largest absolute Gasteiger partial charge is 0.390 e. The summed E-state index contributed by atoms with van der Waals surface area (Å²) in [5.41, 5.74) is -0.518. The van der Waals surface area contributed by atoms with Gasteiger partial charge in [0.25, 0.3) is 0 Å². The molecule has 0 bridgehead atoms. The maximum atomic E-state index is 11.9. The third-order valence-electron chi connectivity index (χ3n) is 2.87. The highest BCUT2D eigenvalue weighted by Crippen LogP contribution is 2.24. The van der Waals surface area contributed by atoms with Crippen molar-refractivity contribution in [2.75, 3.05) is 13.1 Å². The maximum Gasteiger partial charge on any atom is 0.223 e. The molecular formula is C12H23NO2. The molecule has 0 radical (unpaired) electrons. The zero-order valence-corrected chi connectivity index (χ0v) is 10.3. The van der Waals surface area contributed by atoms with Gasteiger partial charge in [-0.2, -0.15) is 0 Å². The molecule has 1 saturated heterocycles. The summed E-state index contributed by atoms with van der Waals surface area (Å²) in [4.78, 5) is 13.7. The van der Waals surface area contributed by atoms with E-state index in [1.807, 2.05) is 11.8 Å². The van der Waals surface area contributed by atoms with E-state index in [4.69, 9.17) is 0 Å². The minimum Gasteiger partial charge on any atom is -0.390 e. The van der Waals surface area contributed by atoms with E-state index in [-0.39, 0.29) is 11.3 Å². The Hall–Kier alpha value is -0.570. The molecule has 0 saturated carbocycles. The highest BCUT2D eigenvalue weighted by Gasteiger charge is 2.30. The van der Waals surface area contributed by atoms with Crippen LogP contribution in [-0.4, -0.2) is 34.6 Å². The standard InChI is InChI=1S/C12H23NO2/c1-11(2,3)9-10(14)13-7-5-12(4,15)6-8-13/h15H,5-9H2,1-4H3. The van der Waals surface area contributed by atoms with Crippen molar-refractivity contribution in [2.24, 2.45) is 5.41 Å². The van der Waals surface area contributed by atoms with Gasteiger partial charge in [-0.1, -0.05) is 20.8 Å². The quantitative estimate of drug-likeness (QED) is 0.721. The van der Waals surface area contributed by atoms with Gasteiger partial charge in [0.2, 0.25) is 5.91 Å². The maximum absolute atomic E-state index is 11.9. The van der Waals surface area contributed by atoms with Crippen LogP contribution in [0.3, 0.4) is 0 Å². The van der Waals surface area contributed by atoms with Gasteiger partial charge in [-0.25, -0.2) is 0 Å². The van der Waals surface area contributed by atoms with E-state index in [2.05, 4.69) is 20.8 Å². The van der Waals surface area contributed by atoms with Crippen molar-refractivity contribution in [3.63, 3.8) is 0 Å². The Kier molecular flexibility index (Phi) is 3.44. The van der Waals surface area contributed by atoms with Crippen LogP contribution in [0.15, 0.2) is 0 Å². The normalized spacial score (nSPS) is 21.5. The predicted molar refractivity (Wildman–Crippen MR) is 60.5 cm³/mol. The molecule has 1 fully saturated rings. The summed E-state index contributed by atoms with van der Waals surface area (Å²) < 4.78 is 0. The molecule has 0 atom stereocenters. The van der Waals surface area contributed by atoms with E-state index >= 15 is 0 Å². The lowest BCUT2D eigenvalue weighted by Gasteiger charge is -2.36. The molecule has 3 nitrogen and oxygen atoms in total. The van der Waals surface area contributed by atoms with Crippen LogP contribution in [0.5, 0.6) is 0 Å². The number of likely N-dealkylation sites (tertiary alicyclic amines) is 1. The minimum absolute atomic E-state index is 0.0526. The number of piperidine rings is 1. The Morgan fingerprint density at radius 3 is 2.20 bits per heavy atom. The number of hydrogen-bond acceptors (Lipinski definition) is 2. The SMILES string of the molecule is CC(C)(C)CC(=O)N1CCC(C)(O)CC1. The number of carbonyl (C=O) groups is 1. The summed E-state index contributed by atoms with van der Waals surface area (Å²) in [6.07, 6.45) is 1.99. The van der Waals surface area contributed by atoms with E-state index in [0.29, 0.717) is 32.4 Å². The number of rotatable bonds is 1. The Morgan fingerprint density at radius 2 is 1.80 bits per heavy atom. The molecule has 1 N–H and O–H groups in total. The molecule has 0 aromatic rings. The smallest absolute Gasteiger partial charge is 0.223 e. The summed E-state index contributed by atoms with van der Waals surface area (Å²) in [5.74, 6) is 0.220. The van der Waals surface area contributed by atoms with Crippen LogP contribution in [0.2, 0.25) is 0 Å². The average molecular weight is 213 g/mol. The van der Waals surface area contributed by atoms with Crippen LogP contribution < -0.4 is 0 Å². The monoisotopic (exact) mass is 213 g/mol. The predicted octanol–water partition coefficient (Wildman–Crippen LogP) is 1.80. The molecule has 0 aliphatic carbocycles. The molecule has 0 unspecified atom stereocenters. The van der Waals surface area contributed by atoms with Crippen molar-refractivity contribution in [1.29, 1.82) is 0 Å². The summed E-state index contributed by atoms with van der Waals surface area (Å²) in [6, 6.07) is 0. The summed E-state index contributed by atoms with van der Waals surface area (Å²) in [5, 5.41) is 9.77. The molecule has 1 aliphatic heterocycles. The molecule has 1 rings (SSSR count). The van der Waals surface area contributed by atoms with Gasteiger partial charge in [0, 0.05) is 19.5 Å². The van der Waals surface area contributed by atoms with E-state index in [0.717, 1.165) is 0 Å². The van der Waals surface area contributed by atoms with E-state index in [1.54, 1.807) is 0 Å². The molecule has 3 heteroatoms. The number of nitrogens with zero attached hydrogens (tertiary/aromatic N) is 1. The number of amides is 1. The number of aliphatic hydroxyl groups is 1. The molecule has 0 spiro atoms. The van der Waals surface area contributed by atoms with Crippen molar-refractivity contribution < 1.29 is 9.90 Å². The van der Waals surface area contributed by atoms with E-state index in [1.165, 1.54) is 0 Å². The van der Waals surface area contributed by atoms with Crippen LogP contribution >= 0.6 is 0 Å². The van der Waals surface area contributed by atoms with E-state index < -0.39 is 5.60 Å². The lowest BCUT2D eigenvalue weighted by molar-refractivity contribution is -0.136. The van der Waals surface area contributed by atoms with Gasteiger partial charge in [-0.05, 0) is 25.2 Å². The first-order valence-electron chi connectivity index (χ1n) is 5.70. The van der Waals surface area contributed by atoms with Gasteiger partial charge < -0.3 is 10.0 Å². The Bertz CT molecular complexity index is 230. The fraction of sp³-hybridized carbons (Fsp3) is 0.917. The molecule has 0 aromatic carbocycles. The van der Waals surface area contributed by atoms with Crippen molar-refractivity contribution in [2.45, 2.75) is 52.6 Å². The molecule has 1 amide bonds. The first-order valence-corrected chi connectivity index (χ1v) is 5.70. The van der Waals surface area contributed by atoms with Crippen LogP contribution in [-0.2, 0) is 4.79 Å². The summed E-state index contributed by atoms with van der Waals surface area (Å²) >= 11 is 0. The Labute approximate surface area is 92.5 Å². The van der Waals surface area contributed by atoms with Crippen LogP contribution in [0.25, 0.3) is 0 Å². The molecule has 1 heterocycles. The van der Waals surface area contributed by atoms with Gasteiger partial charge in [0.15, 0.2) is 0 Å². The summed E-state index contributed by atoms with van der Waals surface area (Å²) in [7, 11) is 0. The zero-order chi connectivity index (χ0) is 11.7. The highest BCUT2D eigenvalue weighted by atomic mass is 16.3. The first-order chi connectivity index (χ1) is 6.70. The second kappa shape index (κ2) is 4.12. The topological polar surface area (TPSA) is 40.5 Å². The molecule has 15 heavy (non-hydrogen) atoms. The van der Waals surface area contributed by atoms with Gasteiger partial charge in [-0.15, -0.1) is 0 Å². The van der Waals surface area contributed by atoms with Crippen molar-refractivity contribution in [3.8, 4) is 0 Å². The van der Waals surface area contributed by atoms with Crippen molar-refractivity contribution in [1.82, 2.24) is 4.90 Å². The lowest BCUT2D eigenvalue weighted by atomic mass is 9.89. The first kappa shape index (κ1) is 12.5. The number of hydrogen-bond donors (Lipinski definition) is 1. The molecule has 88 valence electrons. The fourth-order valence-corrected chi connectivity index (χ4v) is 1.80.